The van der Waals surface area contributed by atoms with Gasteiger partial charge in [-0.1, -0.05) is 0 Å². The Morgan fingerprint density at radius 2 is 2.32 bits per heavy atom. The van der Waals surface area contributed by atoms with Crippen molar-refractivity contribution in [3.05, 3.63) is 40.4 Å². The van der Waals surface area contributed by atoms with Crippen molar-refractivity contribution >= 4 is 33.2 Å². The van der Waals surface area contributed by atoms with Crippen LogP contribution in [-0.4, -0.2) is 15.7 Å². The van der Waals surface area contributed by atoms with Gasteiger partial charge in [0.25, 0.3) is 5.91 Å². The van der Waals surface area contributed by atoms with Crippen molar-refractivity contribution in [1.29, 1.82) is 0 Å². The molecular formula is C12H12BrFN4O. The molecule has 0 aliphatic carbocycles. The summed E-state index contributed by atoms with van der Waals surface area (Å²) in [5, 5.41) is 6.65. The van der Waals surface area contributed by atoms with Crippen LogP contribution in [0.1, 0.15) is 17.4 Å². The van der Waals surface area contributed by atoms with E-state index in [2.05, 4.69) is 26.3 Å². The van der Waals surface area contributed by atoms with Gasteiger partial charge in [0.2, 0.25) is 0 Å². The average molecular weight is 327 g/mol. The minimum atomic E-state index is -0.386. The molecule has 7 heteroatoms. The largest absolute Gasteiger partial charge is 0.396 e. The van der Waals surface area contributed by atoms with Crippen LogP contribution in [0.25, 0.3) is 0 Å². The van der Waals surface area contributed by atoms with Crippen molar-refractivity contribution < 1.29 is 9.18 Å². The molecule has 1 amide bonds. The van der Waals surface area contributed by atoms with E-state index in [1.54, 1.807) is 0 Å². The lowest BCUT2D eigenvalue weighted by molar-refractivity contribution is 0.101. The highest BCUT2D eigenvalue weighted by Gasteiger charge is 2.17. The third kappa shape index (κ3) is 2.76. The number of anilines is 2. The number of amides is 1. The lowest BCUT2D eigenvalue weighted by Crippen LogP contribution is -2.19. The Labute approximate surface area is 117 Å². The van der Waals surface area contributed by atoms with Crippen LogP contribution in [0, 0.1) is 5.82 Å². The zero-order valence-corrected chi connectivity index (χ0v) is 11.7. The first-order valence-electron chi connectivity index (χ1n) is 5.60. The quantitative estimate of drug-likeness (QED) is 0.910. The van der Waals surface area contributed by atoms with Crippen molar-refractivity contribution in [2.45, 2.75) is 13.5 Å². The van der Waals surface area contributed by atoms with E-state index in [1.165, 1.54) is 29.1 Å². The first-order chi connectivity index (χ1) is 9.02. The van der Waals surface area contributed by atoms with Gasteiger partial charge in [0.15, 0.2) is 0 Å². The van der Waals surface area contributed by atoms with Crippen LogP contribution >= 0.6 is 15.9 Å². The summed E-state index contributed by atoms with van der Waals surface area (Å²) in [4.78, 5) is 12.1. The molecule has 2 rings (SSSR count). The molecule has 3 N–H and O–H groups in total. The molecule has 0 saturated heterocycles. The molecule has 2 aromatic rings. The molecule has 0 saturated carbocycles. The van der Waals surface area contributed by atoms with E-state index < -0.39 is 0 Å². The van der Waals surface area contributed by atoms with Crippen molar-refractivity contribution in [1.82, 2.24) is 9.78 Å². The fourth-order valence-corrected chi connectivity index (χ4v) is 2.11. The van der Waals surface area contributed by atoms with Crippen molar-refractivity contribution in [2.75, 3.05) is 11.1 Å². The number of carbonyl (C=O) groups is 1. The highest BCUT2D eigenvalue weighted by Crippen LogP contribution is 2.24. The number of hydrogen-bond acceptors (Lipinski definition) is 3. The molecule has 0 bridgehead atoms. The van der Waals surface area contributed by atoms with Gasteiger partial charge in [0, 0.05) is 11.0 Å². The summed E-state index contributed by atoms with van der Waals surface area (Å²) in [6, 6.07) is 4.01. The summed E-state index contributed by atoms with van der Waals surface area (Å²) in [7, 11) is 0. The number of rotatable bonds is 3. The summed E-state index contributed by atoms with van der Waals surface area (Å²) in [5.74, 6) is -0.771. The molecule has 0 fully saturated rings. The highest BCUT2D eigenvalue weighted by molar-refractivity contribution is 9.10. The molecule has 0 radical (unpaired) electrons. The first kappa shape index (κ1) is 13.5. The number of halogens is 2. The fourth-order valence-electron chi connectivity index (χ4n) is 1.66. The predicted octanol–water partition coefficient (Wildman–Crippen LogP) is 2.64. The summed E-state index contributed by atoms with van der Waals surface area (Å²) >= 11 is 3.18. The Morgan fingerprint density at radius 3 is 2.95 bits per heavy atom. The van der Waals surface area contributed by atoms with Crippen molar-refractivity contribution in [3.8, 4) is 0 Å². The second-order valence-electron chi connectivity index (χ2n) is 3.84. The van der Waals surface area contributed by atoms with Gasteiger partial charge in [0.05, 0.1) is 17.6 Å². The molecular weight excluding hydrogens is 315 g/mol. The van der Waals surface area contributed by atoms with Gasteiger partial charge in [-0.25, -0.2) is 4.39 Å². The molecule has 5 nitrogen and oxygen atoms in total. The monoisotopic (exact) mass is 326 g/mol. The number of nitrogens with one attached hydrogen (secondary N) is 1. The molecule has 0 atom stereocenters. The average Bonchev–Trinajstić information content (AvgIpc) is 2.74. The summed E-state index contributed by atoms with van der Waals surface area (Å²) in [6.45, 7) is 2.39. The molecule has 0 aliphatic heterocycles. The zero-order chi connectivity index (χ0) is 14.0. The number of hydrogen-bond donors (Lipinski definition) is 2. The zero-order valence-electron chi connectivity index (χ0n) is 10.2. The minimum absolute atomic E-state index is 0.290. The van der Waals surface area contributed by atoms with Crippen LogP contribution in [0.2, 0.25) is 0 Å². The SMILES string of the molecule is CCn1ncc(N)c1C(=O)Nc1ccc(F)cc1Br. The predicted molar refractivity (Wildman–Crippen MR) is 74.4 cm³/mol. The highest BCUT2D eigenvalue weighted by atomic mass is 79.9. The Morgan fingerprint density at radius 1 is 1.58 bits per heavy atom. The number of benzene rings is 1. The summed E-state index contributed by atoms with van der Waals surface area (Å²) in [6.07, 6.45) is 1.43. The second kappa shape index (κ2) is 5.40. The smallest absolute Gasteiger partial charge is 0.276 e. The molecule has 1 heterocycles. The first-order valence-corrected chi connectivity index (χ1v) is 6.40. The minimum Gasteiger partial charge on any atom is -0.396 e. The van der Waals surface area contributed by atoms with Gasteiger partial charge >= 0.3 is 0 Å². The Bertz CT molecular complexity index is 626. The van der Waals surface area contributed by atoms with Gasteiger partial charge in [-0.3, -0.25) is 9.48 Å². The molecule has 0 spiro atoms. The lowest BCUT2D eigenvalue weighted by atomic mass is 10.3. The number of carbonyl (C=O) groups excluding carboxylic acids is 1. The second-order valence-corrected chi connectivity index (χ2v) is 4.70. The third-order valence-electron chi connectivity index (χ3n) is 2.56. The summed E-state index contributed by atoms with van der Waals surface area (Å²) in [5.41, 5.74) is 6.78. The Kier molecular flexibility index (Phi) is 3.84. The maximum Gasteiger partial charge on any atom is 0.276 e. The van der Waals surface area contributed by atoms with E-state index in [1.807, 2.05) is 6.92 Å². The van der Waals surface area contributed by atoms with Crippen LogP contribution in [0.3, 0.4) is 0 Å². The van der Waals surface area contributed by atoms with Crippen LogP contribution in [-0.2, 0) is 6.54 Å². The van der Waals surface area contributed by atoms with E-state index in [0.717, 1.165) is 0 Å². The van der Waals surface area contributed by atoms with Crippen LogP contribution in [0.5, 0.6) is 0 Å². The fraction of sp³-hybridized carbons (Fsp3) is 0.167. The van der Waals surface area contributed by atoms with Crippen molar-refractivity contribution in [2.24, 2.45) is 0 Å². The van der Waals surface area contributed by atoms with Crippen molar-refractivity contribution in [3.63, 3.8) is 0 Å². The number of aryl methyl sites for hydroxylation is 1. The molecule has 19 heavy (non-hydrogen) atoms. The van der Waals surface area contributed by atoms with E-state index >= 15 is 0 Å². The number of nitrogens with two attached hydrogens (primary N) is 1. The number of nitrogens with zero attached hydrogens (tertiary/aromatic N) is 2. The van der Waals surface area contributed by atoms with Gasteiger partial charge in [0.1, 0.15) is 11.5 Å². The van der Waals surface area contributed by atoms with Crippen LogP contribution < -0.4 is 11.1 Å². The van der Waals surface area contributed by atoms with Crippen LogP contribution in [0.4, 0.5) is 15.8 Å². The standard InChI is InChI=1S/C12H12BrFN4O/c1-2-18-11(9(15)6-16-18)12(19)17-10-4-3-7(14)5-8(10)13/h3-6H,2,15H2,1H3,(H,17,19). The molecule has 0 unspecified atom stereocenters. The van der Waals surface area contributed by atoms with Gasteiger partial charge in [-0.05, 0) is 41.1 Å². The number of nitrogen functional groups attached to an aromatic ring is 1. The lowest BCUT2D eigenvalue weighted by Gasteiger charge is -2.09. The van der Waals surface area contributed by atoms with Gasteiger partial charge in [-0.2, -0.15) is 5.10 Å². The maximum absolute atomic E-state index is 13.0. The van der Waals surface area contributed by atoms with Gasteiger partial charge < -0.3 is 11.1 Å². The van der Waals surface area contributed by atoms with E-state index in [0.29, 0.717) is 28.1 Å². The molecule has 0 aliphatic rings. The van der Waals surface area contributed by atoms with Gasteiger partial charge in [-0.15, -0.1) is 0 Å². The maximum atomic E-state index is 13.0. The summed E-state index contributed by atoms with van der Waals surface area (Å²) < 4.78 is 14.9. The Hall–Kier alpha value is -1.89. The van der Waals surface area contributed by atoms with Crippen LogP contribution in [0.15, 0.2) is 28.9 Å². The van der Waals surface area contributed by atoms with E-state index in [4.69, 9.17) is 5.73 Å². The molecule has 100 valence electrons. The molecule has 1 aromatic heterocycles. The third-order valence-corrected chi connectivity index (χ3v) is 3.22. The Balaban J connectivity index is 2.28. The topological polar surface area (TPSA) is 72.9 Å². The molecule has 1 aromatic carbocycles. The van der Waals surface area contributed by atoms with E-state index in [-0.39, 0.29) is 11.7 Å². The number of aromatic nitrogens is 2. The van der Waals surface area contributed by atoms with E-state index in [9.17, 15) is 9.18 Å². The normalized spacial score (nSPS) is 10.5.